The van der Waals surface area contributed by atoms with E-state index < -0.39 is 11.7 Å². The van der Waals surface area contributed by atoms with Crippen molar-refractivity contribution in [2.45, 2.75) is 6.18 Å². The predicted octanol–water partition coefficient (Wildman–Crippen LogP) is 3.29. The maximum Gasteiger partial charge on any atom is 0.416 e. The molecule has 21 heavy (non-hydrogen) atoms. The Balaban J connectivity index is 1.92. The number of aromatic nitrogens is 4. The van der Waals surface area contributed by atoms with Gasteiger partial charge in [-0.2, -0.15) is 23.4 Å². The average Bonchev–Trinajstić information content (AvgIpc) is 3.06. The summed E-state index contributed by atoms with van der Waals surface area (Å²) in [6, 6.07) is 6.71. The molecule has 0 amide bonds. The van der Waals surface area contributed by atoms with E-state index in [2.05, 4.69) is 10.2 Å². The summed E-state index contributed by atoms with van der Waals surface area (Å²) in [6.07, 6.45) is 0.738. The molecule has 0 atom stereocenters. The molecule has 7 heteroatoms. The Kier molecular flexibility index (Phi) is 3.04. The fourth-order valence-electron chi connectivity index (χ4n) is 2.06. The highest BCUT2D eigenvalue weighted by molar-refractivity contribution is 5.57. The van der Waals surface area contributed by atoms with Crippen molar-refractivity contribution in [2.75, 3.05) is 0 Å². The quantitative estimate of drug-likeness (QED) is 0.726. The average molecular weight is 292 g/mol. The first kappa shape index (κ1) is 13.4. The van der Waals surface area contributed by atoms with Gasteiger partial charge in [0.25, 0.3) is 0 Å². The minimum atomic E-state index is -4.33. The molecule has 0 spiro atoms. The van der Waals surface area contributed by atoms with Gasteiger partial charge in [0.15, 0.2) is 0 Å². The summed E-state index contributed by atoms with van der Waals surface area (Å²) in [4.78, 5) is 0. The van der Waals surface area contributed by atoms with Crippen LogP contribution in [0.3, 0.4) is 0 Å². The SMILES string of the molecule is Cn1nccc1-c1cnn(-c2ccc(C(F)(F)F)cc2)c1. The lowest BCUT2D eigenvalue weighted by Gasteiger charge is -2.07. The van der Waals surface area contributed by atoms with Crippen molar-refractivity contribution in [2.24, 2.45) is 7.05 Å². The van der Waals surface area contributed by atoms with Crippen molar-refractivity contribution < 1.29 is 13.2 Å². The van der Waals surface area contributed by atoms with Gasteiger partial charge in [0, 0.05) is 25.0 Å². The molecular weight excluding hydrogens is 281 g/mol. The number of rotatable bonds is 2. The molecule has 0 fully saturated rings. The Morgan fingerprint density at radius 3 is 2.29 bits per heavy atom. The molecule has 3 aromatic rings. The molecule has 1 aromatic carbocycles. The second-order valence-corrected chi connectivity index (χ2v) is 4.56. The van der Waals surface area contributed by atoms with Crippen LogP contribution in [0.5, 0.6) is 0 Å². The number of alkyl halides is 3. The third-order valence-electron chi connectivity index (χ3n) is 3.16. The van der Waals surface area contributed by atoms with E-state index in [1.54, 1.807) is 23.3 Å². The lowest BCUT2D eigenvalue weighted by molar-refractivity contribution is -0.137. The van der Waals surface area contributed by atoms with Crippen molar-refractivity contribution >= 4 is 0 Å². The second kappa shape index (κ2) is 4.76. The van der Waals surface area contributed by atoms with Crippen LogP contribution in [0.25, 0.3) is 16.9 Å². The summed E-state index contributed by atoms with van der Waals surface area (Å²) < 4.78 is 40.8. The van der Waals surface area contributed by atoms with E-state index in [-0.39, 0.29) is 0 Å². The molecule has 0 aliphatic heterocycles. The summed E-state index contributed by atoms with van der Waals surface area (Å²) in [5, 5.41) is 8.24. The first-order valence-corrected chi connectivity index (χ1v) is 6.16. The van der Waals surface area contributed by atoms with Crippen LogP contribution in [0, 0.1) is 0 Å². The van der Waals surface area contributed by atoms with E-state index in [1.807, 2.05) is 13.1 Å². The lowest BCUT2D eigenvalue weighted by Crippen LogP contribution is -2.05. The number of aryl methyl sites for hydroxylation is 1. The maximum absolute atomic E-state index is 12.5. The van der Waals surface area contributed by atoms with Crippen molar-refractivity contribution in [3.63, 3.8) is 0 Å². The third kappa shape index (κ3) is 2.54. The number of halogens is 3. The summed E-state index contributed by atoms with van der Waals surface area (Å²) >= 11 is 0. The van der Waals surface area contributed by atoms with Crippen LogP contribution in [0.4, 0.5) is 13.2 Å². The van der Waals surface area contributed by atoms with Crippen LogP contribution in [0.15, 0.2) is 48.9 Å². The van der Waals surface area contributed by atoms with Crippen LogP contribution < -0.4 is 0 Å². The van der Waals surface area contributed by atoms with E-state index in [9.17, 15) is 13.2 Å². The van der Waals surface area contributed by atoms with E-state index >= 15 is 0 Å². The molecule has 0 aliphatic carbocycles. The van der Waals surface area contributed by atoms with Crippen molar-refractivity contribution in [1.29, 1.82) is 0 Å². The maximum atomic E-state index is 12.5. The molecular formula is C14H11F3N4. The van der Waals surface area contributed by atoms with Crippen molar-refractivity contribution in [3.05, 3.63) is 54.5 Å². The third-order valence-corrected chi connectivity index (χ3v) is 3.16. The number of hydrogen-bond acceptors (Lipinski definition) is 2. The zero-order valence-corrected chi connectivity index (χ0v) is 11.0. The van der Waals surface area contributed by atoms with Gasteiger partial charge in [0.05, 0.1) is 23.1 Å². The number of nitrogens with zero attached hydrogens (tertiary/aromatic N) is 4. The largest absolute Gasteiger partial charge is 0.416 e. The van der Waals surface area contributed by atoms with Gasteiger partial charge >= 0.3 is 6.18 Å². The van der Waals surface area contributed by atoms with Gasteiger partial charge < -0.3 is 0 Å². The van der Waals surface area contributed by atoms with E-state index in [0.717, 1.165) is 23.4 Å². The lowest BCUT2D eigenvalue weighted by atomic mass is 10.2. The Morgan fingerprint density at radius 1 is 1.00 bits per heavy atom. The highest BCUT2D eigenvalue weighted by atomic mass is 19.4. The Hall–Kier alpha value is -2.57. The minimum absolute atomic E-state index is 0.566. The van der Waals surface area contributed by atoms with Gasteiger partial charge in [-0.15, -0.1) is 0 Å². The fourth-order valence-corrected chi connectivity index (χ4v) is 2.06. The first-order valence-electron chi connectivity index (χ1n) is 6.16. The standard InChI is InChI=1S/C14H11F3N4/c1-20-13(6-7-18-20)10-8-19-21(9-10)12-4-2-11(3-5-12)14(15,16)17/h2-9H,1H3. The molecule has 0 saturated heterocycles. The second-order valence-electron chi connectivity index (χ2n) is 4.56. The van der Waals surface area contributed by atoms with Crippen LogP contribution in [0.1, 0.15) is 5.56 Å². The molecule has 3 rings (SSSR count). The summed E-state index contributed by atoms with van der Waals surface area (Å²) in [6.45, 7) is 0. The Labute approximate surface area is 118 Å². The summed E-state index contributed by atoms with van der Waals surface area (Å²) in [5.41, 5.74) is 1.62. The zero-order valence-electron chi connectivity index (χ0n) is 11.0. The van der Waals surface area contributed by atoms with E-state index in [4.69, 9.17) is 0 Å². The van der Waals surface area contributed by atoms with Gasteiger partial charge in [-0.3, -0.25) is 4.68 Å². The van der Waals surface area contributed by atoms with E-state index in [1.165, 1.54) is 16.8 Å². The molecule has 108 valence electrons. The predicted molar refractivity (Wildman–Crippen MR) is 70.8 cm³/mol. The zero-order chi connectivity index (χ0) is 15.0. The fraction of sp³-hybridized carbons (Fsp3) is 0.143. The topological polar surface area (TPSA) is 35.6 Å². The summed E-state index contributed by atoms with van der Waals surface area (Å²) in [5.74, 6) is 0. The number of benzene rings is 1. The first-order chi connectivity index (χ1) is 9.95. The molecule has 0 radical (unpaired) electrons. The van der Waals surface area contributed by atoms with Crippen LogP contribution >= 0.6 is 0 Å². The smallest absolute Gasteiger partial charge is 0.268 e. The normalized spacial score (nSPS) is 11.8. The van der Waals surface area contributed by atoms with Gasteiger partial charge in [0.1, 0.15) is 0 Å². The van der Waals surface area contributed by atoms with Gasteiger partial charge in [-0.05, 0) is 30.3 Å². The number of hydrogen-bond donors (Lipinski definition) is 0. The van der Waals surface area contributed by atoms with Gasteiger partial charge in [-0.25, -0.2) is 4.68 Å². The van der Waals surface area contributed by atoms with Crippen molar-refractivity contribution in [3.8, 4) is 16.9 Å². The molecule has 2 aromatic heterocycles. The summed E-state index contributed by atoms with van der Waals surface area (Å²) in [7, 11) is 1.81. The molecule has 0 N–H and O–H groups in total. The van der Waals surface area contributed by atoms with Crippen LogP contribution in [0.2, 0.25) is 0 Å². The molecule has 0 saturated carbocycles. The van der Waals surface area contributed by atoms with Crippen LogP contribution in [-0.2, 0) is 13.2 Å². The van der Waals surface area contributed by atoms with Crippen molar-refractivity contribution in [1.82, 2.24) is 19.6 Å². The van der Waals surface area contributed by atoms with Gasteiger partial charge in [-0.1, -0.05) is 0 Å². The van der Waals surface area contributed by atoms with Gasteiger partial charge in [0.2, 0.25) is 0 Å². The molecule has 0 aliphatic rings. The van der Waals surface area contributed by atoms with E-state index in [0.29, 0.717) is 5.69 Å². The monoisotopic (exact) mass is 292 g/mol. The molecule has 2 heterocycles. The highest BCUT2D eigenvalue weighted by Crippen LogP contribution is 2.29. The molecule has 4 nitrogen and oxygen atoms in total. The minimum Gasteiger partial charge on any atom is -0.268 e. The highest BCUT2D eigenvalue weighted by Gasteiger charge is 2.30. The molecule has 0 unspecified atom stereocenters. The Bertz CT molecular complexity index is 753. The van der Waals surface area contributed by atoms with Crippen LogP contribution in [-0.4, -0.2) is 19.6 Å². The Morgan fingerprint density at radius 2 is 1.71 bits per heavy atom. The molecule has 0 bridgehead atoms.